The first kappa shape index (κ1) is 17.9. The zero-order valence-electron chi connectivity index (χ0n) is 15.2. The summed E-state index contributed by atoms with van der Waals surface area (Å²) >= 11 is 0. The van der Waals surface area contributed by atoms with Gasteiger partial charge in [-0.3, -0.25) is 14.4 Å². The summed E-state index contributed by atoms with van der Waals surface area (Å²) < 4.78 is 0. The predicted octanol–water partition coefficient (Wildman–Crippen LogP) is 3.32. The van der Waals surface area contributed by atoms with Crippen molar-refractivity contribution in [2.75, 3.05) is 10.2 Å². The molecule has 2 atom stereocenters. The first-order valence-electron chi connectivity index (χ1n) is 8.68. The standard InChI is InChI=1S/C21H22N2O3/c1-13-7-9-16(10-8-13)11-19-14(2)20(25)23(21(19)26)18-6-4-5-17(12-18)22-15(3)24/h4-10,12,14,19H,11H2,1-3H3,(H,22,24)/t14-,19-/m0/s1. The van der Waals surface area contributed by atoms with Crippen molar-refractivity contribution >= 4 is 29.1 Å². The molecule has 2 aromatic carbocycles. The van der Waals surface area contributed by atoms with Crippen molar-refractivity contribution < 1.29 is 14.4 Å². The summed E-state index contributed by atoms with van der Waals surface area (Å²) in [5, 5.41) is 2.68. The second-order valence-electron chi connectivity index (χ2n) is 6.83. The number of anilines is 2. The number of imide groups is 1. The van der Waals surface area contributed by atoms with Crippen LogP contribution in [0.25, 0.3) is 0 Å². The molecule has 5 heteroatoms. The molecule has 5 nitrogen and oxygen atoms in total. The van der Waals surface area contributed by atoms with E-state index in [1.165, 1.54) is 11.8 Å². The Balaban J connectivity index is 1.85. The topological polar surface area (TPSA) is 66.5 Å². The summed E-state index contributed by atoms with van der Waals surface area (Å²) in [7, 11) is 0. The third-order valence-electron chi connectivity index (χ3n) is 4.75. The molecule has 0 spiro atoms. The number of benzene rings is 2. The number of hydrogen-bond acceptors (Lipinski definition) is 3. The number of hydrogen-bond donors (Lipinski definition) is 1. The van der Waals surface area contributed by atoms with Crippen molar-refractivity contribution in [2.24, 2.45) is 11.8 Å². The van der Waals surface area contributed by atoms with E-state index < -0.39 is 0 Å². The van der Waals surface area contributed by atoms with Gasteiger partial charge < -0.3 is 5.32 Å². The average Bonchev–Trinajstić information content (AvgIpc) is 2.80. The normalized spacial score (nSPS) is 19.7. The monoisotopic (exact) mass is 350 g/mol. The van der Waals surface area contributed by atoms with Crippen LogP contribution < -0.4 is 10.2 Å². The largest absolute Gasteiger partial charge is 0.326 e. The lowest BCUT2D eigenvalue weighted by Gasteiger charge is -2.16. The molecule has 3 rings (SSSR count). The molecule has 1 N–H and O–H groups in total. The Morgan fingerprint density at radius 2 is 1.77 bits per heavy atom. The Hall–Kier alpha value is -2.95. The van der Waals surface area contributed by atoms with Crippen molar-refractivity contribution in [1.82, 2.24) is 0 Å². The highest BCUT2D eigenvalue weighted by Gasteiger charge is 2.45. The maximum atomic E-state index is 12.9. The van der Waals surface area contributed by atoms with Crippen LogP contribution in [0.5, 0.6) is 0 Å². The molecule has 3 amide bonds. The molecule has 1 saturated heterocycles. The third-order valence-corrected chi connectivity index (χ3v) is 4.75. The molecule has 0 bridgehead atoms. The minimum Gasteiger partial charge on any atom is -0.326 e. The molecule has 0 aliphatic carbocycles. The molecule has 2 aromatic rings. The molecule has 1 aliphatic heterocycles. The van der Waals surface area contributed by atoms with Crippen LogP contribution in [0.2, 0.25) is 0 Å². The molecule has 0 saturated carbocycles. The van der Waals surface area contributed by atoms with E-state index >= 15 is 0 Å². The van der Waals surface area contributed by atoms with Crippen molar-refractivity contribution in [3.63, 3.8) is 0 Å². The second kappa shape index (κ2) is 7.12. The van der Waals surface area contributed by atoms with Crippen LogP contribution in [-0.4, -0.2) is 17.7 Å². The van der Waals surface area contributed by atoms with Gasteiger partial charge in [-0.1, -0.05) is 42.8 Å². The van der Waals surface area contributed by atoms with Gasteiger partial charge in [0.1, 0.15) is 0 Å². The van der Waals surface area contributed by atoms with Crippen LogP contribution >= 0.6 is 0 Å². The first-order valence-corrected chi connectivity index (χ1v) is 8.68. The summed E-state index contributed by atoms with van der Waals surface area (Å²) in [4.78, 5) is 38.2. The van der Waals surface area contributed by atoms with E-state index in [2.05, 4.69) is 5.32 Å². The van der Waals surface area contributed by atoms with Gasteiger partial charge >= 0.3 is 0 Å². The van der Waals surface area contributed by atoms with E-state index in [-0.39, 0.29) is 29.6 Å². The van der Waals surface area contributed by atoms with Crippen LogP contribution in [0.4, 0.5) is 11.4 Å². The van der Waals surface area contributed by atoms with E-state index in [0.717, 1.165) is 11.1 Å². The van der Waals surface area contributed by atoms with Crippen molar-refractivity contribution in [3.8, 4) is 0 Å². The van der Waals surface area contributed by atoms with Gasteiger partial charge in [-0.25, -0.2) is 4.90 Å². The van der Waals surface area contributed by atoms with Gasteiger partial charge in [0, 0.05) is 18.5 Å². The van der Waals surface area contributed by atoms with Gasteiger partial charge in [-0.05, 0) is 37.1 Å². The van der Waals surface area contributed by atoms with Crippen molar-refractivity contribution in [2.45, 2.75) is 27.2 Å². The SMILES string of the molecule is CC(=O)Nc1cccc(N2C(=O)[C@@H](C)[C@H](Cc3ccc(C)cc3)C2=O)c1. The zero-order valence-corrected chi connectivity index (χ0v) is 15.2. The Morgan fingerprint density at radius 3 is 2.42 bits per heavy atom. The second-order valence-corrected chi connectivity index (χ2v) is 6.83. The highest BCUT2D eigenvalue weighted by atomic mass is 16.2. The fourth-order valence-corrected chi connectivity index (χ4v) is 3.29. The highest BCUT2D eigenvalue weighted by Crippen LogP contribution is 2.34. The minimum absolute atomic E-state index is 0.192. The summed E-state index contributed by atoms with van der Waals surface area (Å²) in [6.07, 6.45) is 0.536. The first-order chi connectivity index (χ1) is 12.4. The fourth-order valence-electron chi connectivity index (χ4n) is 3.29. The summed E-state index contributed by atoms with van der Waals surface area (Å²) in [6, 6.07) is 14.8. The van der Waals surface area contributed by atoms with Crippen LogP contribution in [0.1, 0.15) is 25.0 Å². The van der Waals surface area contributed by atoms with Gasteiger partial charge in [0.25, 0.3) is 0 Å². The summed E-state index contributed by atoms with van der Waals surface area (Å²) in [5.74, 6) is -1.36. The number of rotatable bonds is 4. The van der Waals surface area contributed by atoms with E-state index in [1.807, 2.05) is 31.2 Å². The van der Waals surface area contributed by atoms with Gasteiger partial charge in [0.15, 0.2) is 0 Å². The lowest BCUT2D eigenvalue weighted by Crippen LogP contribution is -2.31. The number of nitrogens with zero attached hydrogens (tertiary/aromatic N) is 1. The maximum Gasteiger partial charge on any atom is 0.238 e. The van der Waals surface area contributed by atoms with Gasteiger partial charge in [0.2, 0.25) is 17.7 Å². The number of nitrogens with one attached hydrogen (secondary N) is 1. The fraction of sp³-hybridized carbons (Fsp3) is 0.286. The Kier molecular flexibility index (Phi) is 4.89. The average molecular weight is 350 g/mol. The molecule has 26 heavy (non-hydrogen) atoms. The molecule has 1 fully saturated rings. The molecule has 0 radical (unpaired) electrons. The van der Waals surface area contributed by atoms with Crippen LogP contribution in [0.15, 0.2) is 48.5 Å². The summed E-state index contributed by atoms with van der Waals surface area (Å²) in [6.45, 7) is 5.23. The van der Waals surface area contributed by atoms with Crippen LogP contribution in [0.3, 0.4) is 0 Å². The van der Waals surface area contributed by atoms with Gasteiger partial charge in [-0.15, -0.1) is 0 Å². The number of amides is 3. The Labute approximate surface area is 153 Å². The van der Waals surface area contributed by atoms with Crippen molar-refractivity contribution in [3.05, 3.63) is 59.7 Å². The molecule has 1 aliphatic rings. The lowest BCUT2D eigenvalue weighted by molar-refractivity contribution is -0.122. The van der Waals surface area contributed by atoms with E-state index in [1.54, 1.807) is 31.2 Å². The number of carbonyl (C=O) groups excluding carboxylic acids is 3. The van der Waals surface area contributed by atoms with Crippen molar-refractivity contribution in [1.29, 1.82) is 0 Å². The maximum absolute atomic E-state index is 12.9. The van der Waals surface area contributed by atoms with Crippen LogP contribution in [0, 0.1) is 18.8 Å². The number of aryl methyl sites for hydroxylation is 1. The molecular weight excluding hydrogens is 328 g/mol. The molecule has 0 aromatic heterocycles. The minimum atomic E-state index is -0.381. The van der Waals surface area contributed by atoms with E-state index in [0.29, 0.717) is 17.8 Å². The smallest absolute Gasteiger partial charge is 0.238 e. The highest BCUT2D eigenvalue weighted by molar-refractivity contribution is 6.22. The number of carbonyl (C=O) groups is 3. The Morgan fingerprint density at radius 1 is 1.08 bits per heavy atom. The van der Waals surface area contributed by atoms with Gasteiger partial charge in [0.05, 0.1) is 11.6 Å². The molecular formula is C21H22N2O3. The summed E-state index contributed by atoms with van der Waals surface area (Å²) in [5.41, 5.74) is 3.25. The zero-order chi connectivity index (χ0) is 18.8. The predicted molar refractivity (Wildman–Crippen MR) is 101 cm³/mol. The Bertz CT molecular complexity index is 858. The van der Waals surface area contributed by atoms with Gasteiger partial charge in [-0.2, -0.15) is 0 Å². The molecule has 1 heterocycles. The quantitative estimate of drug-likeness (QED) is 0.860. The van der Waals surface area contributed by atoms with E-state index in [9.17, 15) is 14.4 Å². The third kappa shape index (κ3) is 3.52. The van der Waals surface area contributed by atoms with Crippen LogP contribution in [-0.2, 0) is 20.8 Å². The molecule has 0 unspecified atom stereocenters. The van der Waals surface area contributed by atoms with E-state index in [4.69, 9.17) is 0 Å². The molecule has 134 valence electrons. The lowest BCUT2D eigenvalue weighted by atomic mass is 9.90.